The Bertz CT molecular complexity index is 779. The van der Waals surface area contributed by atoms with Gasteiger partial charge in [-0.05, 0) is 25.5 Å². The van der Waals surface area contributed by atoms with Crippen molar-refractivity contribution in [2.75, 3.05) is 36.8 Å². The van der Waals surface area contributed by atoms with Gasteiger partial charge in [0.1, 0.15) is 11.4 Å². The van der Waals surface area contributed by atoms with Gasteiger partial charge in [-0.2, -0.15) is 0 Å². The molecule has 0 amide bonds. The van der Waals surface area contributed by atoms with Crippen molar-refractivity contribution in [3.63, 3.8) is 0 Å². The summed E-state index contributed by atoms with van der Waals surface area (Å²) in [6.45, 7) is 6.49. The molecule has 1 unspecified atom stereocenters. The van der Waals surface area contributed by atoms with Crippen LogP contribution in [0.1, 0.15) is 51.1 Å². The standard InChI is InChI=1S/C19H29N3O4S/c1-3-5-6-12-25-17-8-7-15-16(22-11-10-20-14-22)9-13-26-19(15)18(17)21-27(23,24)4-2/h7-8,14,16,21H,3-6,9-13H2,1-2H3. The van der Waals surface area contributed by atoms with E-state index >= 15 is 0 Å². The average molecular weight is 396 g/mol. The maximum atomic E-state index is 12.3. The number of rotatable bonds is 9. The number of nitrogens with zero attached hydrogens (tertiary/aromatic N) is 2. The smallest absolute Gasteiger partial charge is 0.232 e. The largest absolute Gasteiger partial charge is 0.491 e. The number of hydrogen-bond donors (Lipinski definition) is 1. The lowest BCUT2D eigenvalue weighted by atomic mass is 9.98. The highest BCUT2D eigenvalue weighted by Gasteiger charge is 2.31. The van der Waals surface area contributed by atoms with E-state index in [1.165, 1.54) is 0 Å². The molecule has 2 heterocycles. The first kappa shape index (κ1) is 19.8. The molecule has 1 aromatic carbocycles. The summed E-state index contributed by atoms with van der Waals surface area (Å²) in [6, 6.07) is 3.98. The molecular formula is C19H29N3O4S. The maximum Gasteiger partial charge on any atom is 0.232 e. The summed E-state index contributed by atoms with van der Waals surface area (Å²) in [5.74, 6) is 1.10. The van der Waals surface area contributed by atoms with E-state index in [1.54, 1.807) is 6.92 Å². The first-order valence-electron chi connectivity index (χ1n) is 9.74. The summed E-state index contributed by atoms with van der Waals surface area (Å²) in [5, 5.41) is 0. The van der Waals surface area contributed by atoms with Gasteiger partial charge in [-0.1, -0.05) is 19.8 Å². The summed E-state index contributed by atoms with van der Waals surface area (Å²) in [7, 11) is -3.45. The second-order valence-electron chi connectivity index (χ2n) is 6.83. The molecule has 0 saturated heterocycles. The van der Waals surface area contributed by atoms with E-state index in [-0.39, 0.29) is 11.8 Å². The molecule has 1 aromatic rings. The normalized spacial score (nSPS) is 18.9. The average Bonchev–Trinajstić information content (AvgIpc) is 3.20. The van der Waals surface area contributed by atoms with Crippen LogP contribution in [0, 0.1) is 0 Å². The Morgan fingerprint density at radius 2 is 2.19 bits per heavy atom. The predicted octanol–water partition coefficient (Wildman–Crippen LogP) is 3.18. The van der Waals surface area contributed by atoms with Crippen molar-refractivity contribution in [1.29, 1.82) is 0 Å². The molecule has 27 heavy (non-hydrogen) atoms. The van der Waals surface area contributed by atoms with Crippen LogP contribution in [0.25, 0.3) is 0 Å². The zero-order valence-corrected chi connectivity index (χ0v) is 16.9. The fraction of sp³-hybridized carbons (Fsp3) is 0.632. The van der Waals surface area contributed by atoms with Gasteiger partial charge in [-0.3, -0.25) is 9.71 Å². The van der Waals surface area contributed by atoms with Gasteiger partial charge in [0.05, 0.1) is 37.9 Å². The minimum atomic E-state index is -3.45. The van der Waals surface area contributed by atoms with Crippen LogP contribution < -0.4 is 14.2 Å². The summed E-state index contributed by atoms with van der Waals surface area (Å²) in [6.07, 6.45) is 5.83. The molecule has 0 saturated carbocycles. The highest BCUT2D eigenvalue weighted by molar-refractivity contribution is 7.92. The number of fused-ring (bicyclic) bond motifs is 1. The molecule has 2 aliphatic rings. The number of anilines is 1. The molecule has 0 spiro atoms. The molecule has 0 aromatic heterocycles. The number of unbranched alkanes of at least 4 members (excludes halogenated alkanes) is 2. The number of hydrogen-bond acceptors (Lipinski definition) is 6. The maximum absolute atomic E-state index is 12.3. The molecule has 0 radical (unpaired) electrons. The van der Waals surface area contributed by atoms with Gasteiger partial charge in [-0.15, -0.1) is 0 Å². The highest BCUT2D eigenvalue weighted by Crippen LogP contribution is 2.45. The molecule has 1 N–H and O–H groups in total. The van der Waals surface area contributed by atoms with Gasteiger partial charge in [0.15, 0.2) is 5.75 Å². The van der Waals surface area contributed by atoms with E-state index in [9.17, 15) is 8.42 Å². The van der Waals surface area contributed by atoms with E-state index in [4.69, 9.17) is 9.47 Å². The molecule has 3 rings (SSSR count). The second kappa shape index (κ2) is 8.82. The number of aliphatic imine (C=N–C) groups is 1. The fourth-order valence-corrected chi connectivity index (χ4v) is 4.03. The van der Waals surface area contributed by atoms with Gasteiger partial charge in [0.25, 0.3) is 0 Å². The lowest BCUT2D eigenvalue weighted by molar-refractivity contribution is 0.209. The molecule has 8 heteroatoms. The Labute approximate surface area is 161 Å². The highest BCUT2D eigenvalue weighted by atomic mass is 32.2. The summed E-state index contributed by atoms with van der Waals surface area (Å²) >= 11 is 0. The third-order valence-corrected chi connectivity index (χ3v) is 6.18. The topological polar surface area (TPSA) is 80.2 Å². The zero-order chi connectivity index (χ0) is 19.3. The first-order valence-corrected chi connectivity index (χ1v) is 11.4. The molecule has 0 fully saturated rings. The third kappa shape index (κ3) is 4.66. The van der Waals surface area contributed by atoms with E-state index in [0.29, 0.717) is 30.4 Å². The van der Waals surface area contributed by atoms with Gasteiger partial charge in [0.2, 0.25) is 10.0 Å². The van der Waals surface area contributed by atoms with Crippen LogP contribution in [0.3, 0.4) is 0 Å². The summed E-state index contributed by atoms with van der Waals surface area (Å²) in [4.78, 5) is 6.50. The van der Waals surface area contributed by atoms with Gasteiger partial charge < -0.3 is 14.4 Å². The minimum absolute atomic E-state index is 0.00580. The van der Waals surface area contributed by atoms with Crippen LogP contribution in [0.15, 0.2) is 17.1 Å². The number of nitrogens with one attached hydrogen (secondary N) is 1. The molecule has 1 atom stereocenters. The van der Waals surface area contributed by atoms with Crippen LogP contribution >= 0.6 is 0 Å². The van der Waals surface area contributed by atoms with Gasteiger partial charge in [-0.25, -0.2) is 8.42 Å². The summed E-state index contributed by atoms with van der Waals surface area (Å²) in [5.41, 5.74) is 1.40. The zero-order valence-electron chi connectivity index (χ0n) is 16.1. The van der Waals surface area contributed by atoms with E-state index in [2.05, 4.69) is 21.5 Å². The van der Waals surface area contributed by atoms with Crippen LogP contribution in [-0.4, -0.2) is 51.7 Å². The quantitative estimate of drug-likeness (QED) is 0.650. The lowest BCUT2D eigenvalue weighted by Gasteiger charge is -2.34. The third-order valence-electron chi connectivity index (χ3n) is 4.91. The minimum Gasteiger partial charge on any atom is -0.491 e. The predicted molar refractivity (Wildman–Crippen MR) is 107 cm³/mol. The Hall–Kier alpha value is -1.96. The first-order chi connectivity index (χ1) is 13.1. The van der Waals surface area contributed by atoms with E-state index < -0.39 is 10.0 Å². The van der Waals surface area contributed by atoms with Gasteiger partial charge >= 0.3 is 0 Å². The van der Waals surface area contributed by atoms with Crippen LogP contribution in [-0.2, 0) is 10.0 Å². The summed E-state index contributed by atoms with van der Waals surface area (Å²) < 4.78 is 39.1. The van der Waals surface area contributed by atoms with E-state index in [0.717, 1.165) is 44.3 Å². The number of sulfonamides is 1. The molecule has 7 nitrogen and oxygen atoms in total. The molecule has 0 aliphatic carbocycles. The van der Waals surface area contributed by atoms with Crippen molar-refractivity contribution in [2.24, 2.45) is 4.99 Å². The Balaban J connectivity index is 1.94. The lowest BCUT2D eigenvalue weighted by Crippen LogP contribution is -2.31. The molecular weight excluding hydrogens is 366 g/mol. The van der Waals surface area contributed by atoms with Crippen molar-refractivity contribution < 1.29 is 17.9 Å². The van der Waals surface area contributed by atoms with Crippen molar-refractivity contribution in [3.8, 4) is 11.5 Å². The Kier molecular flexibility index (Phi) is 6.46. The molecule has 0 bridgehead atoms. The van der Waals surface area contributed by atoms with Crippen LogP contribution in [0.2, 0.25) is 0 Å². The number of benzene rings is 1. The number of ether oxygens (including phenoxy) is 2. The SMILES string of the molecule is CCCCCOc1ccc2c(c1NS(=O)(=O)CC)OCCC2N1C=NCC1. The van der Waals surface area contributed by atoms with Gasteiger partial charge in [0, 0.05) is 18.5 Å². The van der Waals surface area contributed by atoms with Crippen molar-refractivity contribution in [2.45, 2.75) is 45.6 Å². The molecule has 150 valence electrons. The van der Waals surface area contributed by atoms with Crippen molar-refractivity contribution >= 4 is 22.0 Å². The van der Waals surface area contributed by atoms with Crippen LogP contribution in [0.4, 0.5) is 5.69 Å². The Morgan fingerprint density at radius 1 is 1.33 bits per heavy atom. The van der Waals surface area contributed by atoms with Crippen molar-refractivity contribution in [1.82, 2.24) is 4.90 Å². The monoisotopic (exact) mass is 395 g/mol. The van der Waals surface area contributed by atoms with E-state index in [1.807, 2.05) is 18.5 Å². The van der Waals surface area contributed by atoms with Crippen molar-refractivity contribution in [3.05, 3.63) is 17.7 Å². The second-order valence-corrected chi connectivity index (χ2v) is 8.84. The molecule has 2 aliphatic heterocycles. The Morgan fingerprint density at radius 3 is 2.89 bits per heavy atom. The fourth-order valence-electron chi connectivity index (χ4n) is 3.38. The van der Waals surface area contributed by atoms with Crippen LogP contribution in [0.5, 0.6) is 11.5 Å².